The van der Waals surface area contributed by atoms with Gasteiger partial charge in [0.25, 0.3) is 0 Å². The number of hydrogen-bond acceptors (Lipinski definition) is 0. The summed E-state index contributed by atoms with van der Waals surface area (Å²) in [5, 5.41) is 0. The molecular weight excluding hydrogens is 252 g/mol. The fourth-order valence-electron chi connectivity index (χ4n) is 5.44. The Bertz CT molecular complexity index is 485. The lowest BCUT2D eigenvalue weighted by atomic mass is 9.47. The van der Waals surface area contributed by atoms with E-state index >= 15 is 0 Å². The van der Waals surface area contributed by atoms with Crippen molar-refractivity contribution in [2.75, 3.05) is 0 Å². The molecule has 2 fully saturated rings. The Morgan fingerprint density at radius 3 is 2.52 bits per heavy atom. The van der Waals surface area contributed by atoms with E-state index in [9.17, 15) is 0 Å². The van der Waals surface area contributed by atoms with Gasteiger partial charge in [-0.3, -0.25) is 0 Å². The molecule has 3 rings (SSSR count). The Morgan fingerprint density at radius 1 is 1.00 bits per heavy atom. The summed E-state index contributed by atoms with van der Waals surface area (Å²) in [6.45, 7) is 7.50. The van der Waals surface area contributed by atoms with E-state index in [0.717, 1.165) is 5.92 Å². The van der Waals surface area contributed by atoms with E-state index in [1.54, 1.807) is 5.56 Å². The lowest BCUT2D eigenvalue weighted by Crippen LogP contribution is -2.48. The lowest BCUT2D eigenvalue weighted by Gasteiger charge is -2.58. The van der Waals surface area contributed by atoms with Crippen LogP contribution in [0.25, 0.3) is 0 Å². The zero-order valence-corrected chi connectivity index (χ0v) is 14.3. The Morgan fingerprint density at radius 2 is 1.71 bits per heavy atom. The van der Waals surface area contributed by atoms with Crippen LogP contribution in [0, 0.1) is 23.7 Å². The van der Waals surface area contributed by atoms with Crippen molar-refractivity contribution in [1.82, 2.24) is 0 Å². The molecule has 21 heavy (non-hydrogen) atoms. The molecule has 0 heterocycles. The molecule has 1 unspecified atom stereocenters. The van der Waals surface area contributed by atoms with Crippen LogP contribution >= 0.6 is 0 Å². The van der Waals surface area contributed by atoms with E-state index in [-0.39, 0.29) is 0 Å². The van der Waals surface area contributed by atoms with Crippen molar-refractivity contribution in [3.05, 3.63) is 35.4 Å². The first-order chi connectivity index (χ1) is 10.1. The van der Waals surface area contributed by atoms with Crippen molar-refractivity contribution < 1.29 is 0 Å². The minimum atomic E-state index is 0.603. The Hall–Kier alpha value is -0.780. The van der Waals surface area contributed by atoms with Gasteiger partial charge in [-0.1, -0.05) is 57.4 Å². The number of rotatable bonds is 3. The maximum absolute atomic E-state index is 2.63. The van der Waals surface area contributed by atoms with Crippen LogP contribution in [0.1, 0.15) is 76.3 Å². The van der Waals surface area contributed by atoms with Crippen molar-refractivity contribution in [3.8, 4) is 0 Å². The third kappa shape index (κ3) is 2.67. The molecule has 0 saturated heterocycles. The average molecular weight is 284 g/mol. The second kappa shape index (κ2) is 5.78. The van der Waals surface area contributed by atoms with Crippen LogP contribution in [0.4, 0.5) is 0 Å². The van der Waals surface area contributed by atoms with Gasteiger partial charge in [-0.25, -0.2) is 0 Å². The van der Waals surface area contributed by atoms with Gasteiger partial charge < -0.3 is 0 Å². The van der Waals surface area contributed by atoms with E-state index in [1.165, 1.54) is 63.4 Å². The van der Waals surface area contributed by atoms with Crippen LogP contribution in [-0.2, 0) is 6.42 Å². The minimum absolute atomic E-state index is 0.603. The molecular formula is C21H32. The Labute approximate surface area is 131 Å². The molecule has 2 saturated carbocycles. The topological polar surface area (TPSA) is 0 Å². The molecule has 2 aliphatic carbocycles. The van der Waals surface area contributed by atoms with Crippen molar-refractivity contribution in [2.24, 2.45) is 16.7 Å². The number of hydrogen-bond donors (Lipinski definition) is 0. The predicted octanol–water partition coefficient (Wildman–Crippen LogP) is 6.31. The van der Waals surface area contributed by atoms with Crippen LogP contribution in [0.15, 0.2) is 24.3 Å². The molecule has 3 atom stereocenters. The molecule has 0 nitrogen and oxygen atoms in total. The molecule has 0 amide bonds. The first-order valence-corrected chi connectivity index (χ1v) is 9.10. The average Bonchev–Trinajstić information content (AvgIpc) is 2.47. The van der Waals surface area contributed by atoms with Crippen LogP contribution < -0.4 is 0 Å². The molecule has 2 aliphatic rings. The highest BCUT2D eigenvalue weighted by Gasteiger charge is 2.51. The summed E-state index contributed by atoms with van der Waals surface area (Å²) in [5.41, 5.74) is 4.28. The highest BCUT2D eigenvalue weighted by Crippen LogP contribution is 2.61. The van der Waals surface area contributed by atoms with Gasteiger partial charge in [-0.2, -0.15) is 0 Å². The zero-order chi connectivity index (χ0) is 14.9. The molecule has 0 N–H and O–H groups in total. The zero-order valence-electron chi connectivity index (χ0n) is 14.3. The molecule has 0 bridgehead atoms. The second-order valence-corrected chi connectivity index (χ2v) is 8.24. The van der Waals surface area contributed by atoms with Gasteiger partial charge in [0.15, 0.2) is 0 Å². The van der Waals surface area contributed by atoms with Crippen LogP contribution in [0.5, 0.6) is 0 Å². The fourth-order valence-corrected chi connectivity index (χ4v) is 5.44. The molecule has 0 aliphatic heterocycles. The van der Waals surface area contributed by atoms with Gasteiger partial charge in [0.05, 0.1) is 0 Å². The Kier molecular flexibility index (Phi) is 4.17. The lowest BCUT2D eigenvalue weighted by molar-refractivity contribution is -0.0769. The van der Waals surface area contributed by atoms with Gasteiger partial charge in [0.1, 0.15) is 0 Å². The third-order valence-electron chi connectivity index (χ3n) is 7.26. The highest BCUT2D eigenvalue weighted by atomic mass is 14.6. The van der Waals surface area contributed by atoms with Crippen molar-refractivity contribution in [1.29, 1.82) is 0 Å². The maximum Gasteiger partial charge on any atom is -0.0244 e. The van der Waals surface area contributed by atoms with E-state index in [2.05, 4.69) is 45.0 Å². The first kappa shape index (κ1) is 15.1. The molecule has 1 aromatic rings. The number of aryl methyl sites for hydroxylation is 2. The minimum Gasteiger partial charge on any atom is -0.0620 e. The van der Waals surface area contributed by atoms with E-state index in [1.807, 2.05) is 0 Å². The summed E-state index contributed by atoms with van der Waals surface area (Å²) in [5.74, 6) is 0.941. The predicted molar refractivity (Wildman–Crippen MR) is 91.5 cm³/mol. The van der Waals surface area contributed by atoms with Crippen molar-refractivity contribution in [3.63, 3.8) is 0 Å². The molecule has 0 aromatic heterocycles. The van der Waals surface area contributed by atoms with Gasteiger partial charge >= 0.3 is 0 Å². The molecule has 116 valence electrons. The van der Waals surface area contributed by atoms with E-state index in [4.69, 9.17) is 0 Å². The van der Waals surface area contributed by atoms with Gasteiger partial charge in [-0.15, -0.1) is 0 Å². The van der Waals surface area contributed by atoms with Crippen LogP contribution in [0.2, 0.25) is 0 Å². The SMILES string of the molecule is Cc1ccccc1CCC1CCC[C@@]2(C)CCCC[C@@]12C. The molecule has 1 aromatic carbocycles. The largest absolute Gasteiger partial charge is 0.0620 e. The van der Waals surface area contributed by atoms with Gasteiger partial charge in [0.2, 0.25) is 0 Å². The normalized spacial score (nSPS) is 36.2. The quantitative estimate of drug-likeness (QED) is 0.609. The van der Waals surface area contributed by atoms with Crippen molar-refractivity contribution >= 4 is 0 Å². The number of fused-ring (bicyclic) bond motifs is 1. The standard InChI is InChI=1S/C21H32/c1-17-9-4-5-10-18(17)12-13-19-11-8-15-20(2)14-6-7-16-21(19,20)3/h4-5,9-10,19H,6-8,11-16H2,1-3H3/t19?,20-,21+/m1/s1. The summed E-state index contributed by atoms with van der Waals surface area (Å²) >= 11 is 0. The van der Waals surface area contributed by atoms with E-state index < -0.39 is 0 Å². The Balaban J connectivity index is 1.74. The van der Waals surface area contributed by atoms with Gasteiger partial charge in [-0.05, 0) is 73.3 Å². The molecule has 0 spiro atoms. The summed E-state index contributed by atoms with van der Waals surface area (Å²) in [6, 6.07) is 8.97. The van der Waals surface area contributed by atoms with Crippen LogP contribution in [0.3, 0.4) is 0 Å². The third-order valence-corrected chi connectivity index (χ3v) is 7.26. The summed E-state index contributed by atoms with van der Waals surface area (Å²) in [4.78, 5) is 0. The highest BCUT2D eigenvalue weighted by molar-refractivity contribution is 5.25. The van der Waals surface area contributed by atoms with E-state index in [0.29, 0.717) is 10.8 Å². The second-order valence-electron chi connectivity index (χ2n) is 8.24. The smallest absolute Gasteiger partial charge is 0.0244 e. The van der Waals surface area contributed by atoms with Crippen molar-refractivity contribution in [2.45, 2.75) is 78.6 Å². The summed E-state index contributed by atoms with van der Waals surface area (Å²) in [7, 11) is 0. The molecule has 0 radical (unpaired) electrons. The monoisotopic (exact) mass is 284 g/mol. The maximum atomic E-state index is 2.63. The first-order valence-electron chi connectivity index (χ1n) is 9.10. The molecule has 0 heteroatoms. The summed E-state index contributed by atoms with van der Waals surface area (Å²) < 4.78 is 0. The fraction of sp³-hybridized carbons (Fsp3) is 0.714. The summed E-state index contributed by atoms with van der Waals surface area (Å²) in [6.07, 6.45) is 13.0. The van der Waals surface area contributed by atoms with Gasteiger partial charge in [0, 0.05) is 0 Å². The number of benzene rings is 1. The van der Waals surface area contributed by atoms with Crippen LogP contribution in [-0.4, -0.2) is 0 Å².